The van der Waals surface area contributed by atoms with Gasteiger partial charge in [-0.3, -0.25) is 4.98 Å². The summed E-state index contributed by atoms with van der Waals surface area (Å²) in [5.41, 5.74) is 5.24. The van der Waals surface area contributed by atoms with Crippen molar-refractivity contribution in [2.45, 2.75) is 19.3 Å². The number of rotatable bonds is 6. The summed E-state index contributed by atoms with van der Waals surface area (Å²) < 4.78 is 0. The Labute approximate surface area is 170 Å². The molecule has 146 valence electrons. The van der Waals surface area contributed by atoms with Crippen molar-refractivity contribution >= 4 is 22.6 Å². The number of anilines is 1. The molecule has 3 N–H and O–H groups in total. The molecule has 2 aromatic carbocycles. The number of pyridine rings is 1. The van der Waals surface area contributed by atoms with Crippen molar-refractivity contribution in [3.63, 3.8) is 0 Å². The van der Waals surface area contributed by atoms with Gasteiger partial charge in [0.15, 0.2) is 0 Å². The van der Waals surface area contributed by atoms with Crippen LogP contribution in [0.4, 0.5) is 10.5 Å². The van der Waals surface area contributed by atoms with E-state index in [2.05, 4.69) is 39.7 Å². The third-order valence-electron chi connectivity index (χ3n) is 5.20. The van der Waals surface area contributed by atoms with Gasteiger partial charge in [0, 0.05) is 47.6 Å². The van der Waals surface area contributed by atoms with Gasteiger partial charge in [-0.15, -0.1) is 0 Å². The van der Waals surface area contributed by atoms with Gasteiger partial charge in [0.05, 0.1) is 0 Å². The molecular weight excluding hydrogens is 360 g/mol. The van der Waals surface area contributed by atoms with Crippen LogP contribution < -0.4 is 10.6 Å². The highest BCUT2D eigenvalue weighted by molar-refractivity contribution is 5.90. The standard InChI is InChI=1S/C24H24N4O/c1-2-17-8-3-5-11-22(17)28-24(29)27-15-20(18-9-7-13-25-14-18)21-16-26-23-12-6-4-10-19(21)23/h3-14,16,20,26H,2,15H2,1H3,(H2,27,28,29)/t20-/m1/s1. The first-order valence-electron chi connectivity index (χ1n) is 9.85. The van der Waals surface area contributed by atoms with Crippen molar-refractivity contribution in [3.8, 4) is 0 Å². The Kier molecular flexibility index (Phi) is 5.56. The zero-order valence-corrected chi connectivity index (χ0v) is 16.4. The molecule has 0 aliphatic heterocycles. The summed E-state index contributed by atoms with van der Waals surface area (Å²) in [6, 6.07) is 19.8. The fourth-order valence-corrected chi connectivity index (χ4v) is 3.68. The number of nitrogens with one attached hydrogen (secondary N) is 3. The Balaban J connectivity index is 1.56. The molecule has 0 radical (unpaired) electrons. The first-order chi connectivity index (χ1) is 14.3. The number of hydrogen-bond acceptors (Lipinski definition) is 2. The summed E-state index contributed by atoms with van der Waals surface area (Å²) in [5.74, 6) is -0.00739. The molecule has 2 amide bonds. The van der Waals surface area contributed by atoms with Crippen molar-refractivity contribution in [2.75, 3.05) is 11.9 Å². The van der Waals surface area contributed by atoms with Crippen molar-refractivity contribution in [1.29, 1.82) is 0 Å². The predicted molar refractivity (Wildman–Crippen MR) is 117 cm³/mol. The minimum atomic E-state index is -0.209. The van der Waals surface area contributed by atoms with Crippen LogP contribution in [-0.4, -0.2) is 22.5 Å². The summed E-state index contributed by atoms with van der Waals surface area (Å²) in [5, 5.41) is 7.17. The maximum Gasteiger partial charge on any atom is 0.319 e. The molecular formula is C24H24N4O. The van der Waals surface area contributed by atoms with Gasteiger partial charge < -0.3 is 15.6 Å². The number of H-pyrrole nitrogens is 1. The van der Waals surface area contributed by atoms with Gasteiger partial charge >= 0.3 is 6.03 Å². The second kappa shape index (κ2) is 8.61. The van der Waals surface area contributed by atoms with E-state index in [0.717, 1.165) is 39.7 Å². The van der Waals surface area contributed by atoms with Gasteiger partial charge in [-0.05, 0) is 41.3 Å². The third kappa shape index (κ3) is 4.14. The largest absolute Gasteiger partial charge is 0.361 e. The molecule has 0 aliphatic carbocycles. The second-order valence-corrected chi connectivity index (χ2v) is 6.97. The molecule has 0 bridgehead atoms. The zero-order valence-electron chi connectivity index (χ0n) is 16.4. The average molecular weight is 384 g/mol. The van der Waals surface area contributed by atoms with Crippen LogP contribution in [0.25, 0.3) is 10.9 Å². The minimum Gasteiger partial charge on any atom is -0.361 e. The van der Waals surface area contributed by atoms with E-state index in [1.54, 1.807) is 6.20 Å². The summed E-state index contributed by atoms with van der Waals surface area (Å²) in [4.78, 5) is 20.2. The van der Waals surface area contributed by atoms with Gasteiger partial charge in [0.2, 0.25) is 0 Å². The molecule has 0 spiro atoms. The van der Waals surface area contributed by atoms with Crippen molar-refractivity contribution < 1.29 is 4.79 Å². The number of nitrogens with zero attached hydrogens (tertiary/aromatic N) is 1. The molecule has 4 rings (SSSR count). The number of aryl methyl sites for hydroxylation is 1. The SMILES string of the molecule is CCc1ccccc1NC(=O)NC[C@H](c1cccnc1)c1c[nH]c2ccccc12. The number of aromatic nitrogens is 2. The van der Waals surface area contributed by atoms with Crippen molar-refractivity contribution in [1.82, 2.24) is 15.3 Å². The molecule has 0 fully saturated rings. The van der Waals surface area contributed by atoms with Crippen LogP contribution in [0, 0.1) is 0 Å². The van der Waals surface area contributed by atoms with Crippen LogP contribution in [0.2, 0.25) is 0 Å². The number of amides is 2. The first kappa shape index (κ1) is 18.7. The van der Waals surface area contributed by atoms with Crippen LogP contribution in [0.15, 0.2) is 79.3 Å². The smallest absolute Gasteiger partial charge is 0.319 e. The van der Waals surface area contributed by atoms with E-state index in [1.165, 1.54) is 0 Å². The Hall–Kier alpha value is -3.60. The molecule has 4 aromatic rings. The van der Waals surface area contributed by atoms with E-state index in [-0.39, 0.29) is 11.9 Å². The normalized spacial score (nSPS) is 11.9. The number of carbonyl (C=O) groups is 1. The van der Waals surface area contributed by atoms with E-state index in [1.807, 2.05) is 60.9 Å². The molecule has 0 unspecified atom stereocenters. The predicted octanol–water partition coefficient (Wildman–Crippen LogP) is 5.08. The van der Waals surface area contributed by atoms with Crippen LogP contribution in [0.1, 0.15) is 29.5 Å². The van der Waals surface area contributed by atoms with E-state index < -0.39 is 0 Å². The molecule has 29 heavy (non-hydrogen) atoms. The number of aromatic amines is 1. The second-order valence-electron chi connectivity index (χ2n) is 6.97. The van der Waals surface area contributed by atoms with Crippen LogP contribution in [-0.2, 0) is 6.42 Å². The van der Waals surface area contributed by atoms with E-state index >= 15 is 0 Å². The molecule has 5 nitrogen and oxygen atoms in total. The Morgan fingerprint density at radius 1 is 1.07 bits per heavy atom. The molecule has 1 atom stereocenters. The maximum atomic E-state index is 12.6. The highest BCUT2D eigenvalue weighted by atomic mass is 16.2. The van der Waals surface area contributed by atoms with Crippen molar-refractivity contribution in [2.24, 2.45) is 0 Å². The number of hydrogen-bond donors (Lipinski definition) is 3. The molecule has 0 aliphatic rings. The van der Waals surface area contributed by atoms with Crippen LogP contribution in [0.3, 0.4) is 0 Å². The summed E-state index contributed by atoms with van der Waals surface area (Å²) in [6.07, 6.45) is 6.51. The topological polar surface area (TPSA) is 69.8 Å². The lowest BCUT2D eigenvalue weighted by molar-refractivity contribution is 0.252. The molecule has 0 saturated heterocycles. The quantitative estimate of drug-likeness (QED) is 0.434. The summed E-state index contributed by atoms with van der Waals surface area (Å²) >= 11 is 0. The average Bonchev–Trinajstić information content (AvgIpc) is 3.19. The highest BCUT2D eigenvalue weighted by Crippen LogP contribution is 2.30. The number of urea groups is 1. The third-order valence-corrected chi connectivity index (χ3v) is 5.20. The lowest BCUT2D eigenvalue weighted by atomic mass is 9.92. The first-order valence-corrected chi connectivity index (χ1v) is 9.85. The van der Waals surface area contributed by atoms with Gasteiger partial charge in [0.25, 0.3) is 0 Å². The highest BCUT2D eigenvalue weighted by Gasteiger charge is 2.19. The van der Waals surface area contributed by atoms with Gasteiger partial charge in [-0.1, -0.05) is 49.4 Å². The van der Waals surface area contributed by atoms with E-state index in [9.17, 15) is 4.79 Å². The summed E-state index contributed by atoms with van der Waals surface area (Å²) in [6.45, 7) is 2.54. The monoisotopic (exact) mass is 384 g/mol. The molecule has 0 saturated carbocycles. The molecule has 2 aromatic heterocycles. The Morgan fingerprint density at radius 2 is 1.90 bits per heavy atom. The van der Waals surface area contributed by atoms with E-state index in [4.69, 9.17) is 0 Å². The minimum absolute atomic E-state index is 0.00739. The Morgan fingerprint density at radius 3 is 2.72 bits per heavy atom. The van der Waals surface area contributed by atoms with Gasteiger partial charge in [-0.2, -0.15) is 0 Å². The van der Waals surface area contributed by atoms with Crippen molar-refractivity contribution in [3.05, 3.63) is 95.9 Å². The Bertz CT molecular complexity index is 1100. The van der Waals surface area contributed by atoms with Gasteiger partial charge in [-0.25, -0.2) is 4.79 Å². The number of benzene rings is 2. The molecule has 5 heteroatoms. The van der Waals surface area contributed by atoms with E-state index in [0.29, 0.717) is 6.54 Å². The van der Waals surface area contributed by atoms with Gasteiger partial charge in [0.1, 0.15) is 0 Å². The number of para-hydroxylation sites is 2. The lowest BCUT2D eigenvalue weighted by Crippen LogP contribution is -2.33. The summed E-state index contributed by atoms with van der Waals surface area (Å²) in [7, 11) is 0. The fourth-order valence-electron chi connectivity index (χ4n) is 3.68. The fraction of sp³-hybridized carbons (Fsp3) is 0.167. The zero-order chi connectivity index (χ0) is 20.1. The van der Waals surface area contributed by atoms with Crippen LogP contribution >= 0.6 is 0 Å². The maximum absolute atomic E-state index is 12.6. The number of fused-ring (bicyclic) bond motifs is 1. The molecule has 2 heterocycles. The lowest BCUT2D eigenvalue weighted by Gasteiger charge is -2.18. The van der Waals surface area contributed by atoms with Crippen LogP contribution in [0.5, 0.6) is 0 Å². The number of carbonyl (C=O) groups excluding carboxylic acids is 1.